The van der Waals surface area contributed by atoms with Crippen LogP contribution in [0, 0.1) is 34.5 Å². The van der Waals surface area contributed by atoms with Gasteiger partial charge < -0.3 is 23.8 Å². The number of allylic oxidation sites excluding steroid dienone is 2. The van der Waals surface area contributed by atoms with Gasteiger partial charge in [-0.15, -0.1) is 8.78 Å². The molecule has 7 atom stereocenters. The van der Waals surface area contributed by atoms with Gasteiger partial charge in [-0.3, -0.25) is 23.9 Å². The number of carbonyl (C=O) groups excluding carboxylic acids is 4. The molecule has 57 heavy (non-hydrogen) atoms. The molecule has 0 radical (unpaired) electrons. The summed E-state index contributed by atoms with van der Waals surface area (Å²) in [6, 6.07) is 3.24. The SMILES string of the molecule is C[C@H]1CC/C=C\[C@@H]2C[C@@]2(C(=O)NS(=O)(=O)C2CC2)CC(=O)[C@@H]2C[C@@H](Oc3nccc4c5c(ccc34)OC(F)(F)O5)CN2C(=O)[C@@H](CC(=O)OCC2(C)CC2)[C@H](C)C1. The number of benzene rings is 1. The number of aromatic nitrogens is 1. The fourth-order valence-corrected chi connectivity index (χ4v) is 10.1. The predicted molar refractivity (Wildman–Crippen MR) is 200 cm³/mol. The van der Waals surface area contributed by atoms with Gasteiger partial charge >= 0.3 is 12.3 Å². The lowest BCUT2D eigenvalue weighted by Crippen LogP contribution is -2.47. The molecule has 2 amide bonds. The van der Waals surface area contributed by atoms with Crippen LogP contribution in [-0.4, -0.2) is 78.7 Å². The van der Waals surface area contributed by atoms with Crippen molar-refractivity contribution in [2.75, 3.05) is 13.2 Å². The normalized spacial score (nSPS) is 32.3. The van der Waals surface area contributed by atoms with Gasteiger partial charge in [0, 0.05) is 35.2 Å². The lowest BCUT2D eigenvalue weighted by Gasteiger charge is -2.32. The lowest BCUT2D eigenvalue weighted by molar-refractivity contribution is -0.286. The van der Waals surface area contributed by atoms with Gasteiger partial charge in [0.15, 0.2) is 17.3 Å². The van der Waals surface area contributed by atoms with Crippen LogP contribution in [0.3, 0.4) is 0 Å². The van der Waals surface area contributed by atoms with Crippen LogP contribution in [0.15, 0.2) is 36.5 Å². The number of fused-ring (bicyclic) bond motifs is 5. The van der Waals surface area contributed by atoms with E-state index >= 15 is 0 Å². The first-order valence-corrected chi connectivity index (χ1v) is 21.6. The molecule has 0 spiro atoms. The van der Waals surface area contributed by atoms with Crippen molar-refractivity contribution in [2.45, 2.75) is 115 Å². The molecule has 16 heteroatoms. The molecule has 4 fully saturated rings. The Morgan fingerprint density at radius 2 is 1.82 bits per heavy atom. The summed E-state index contributed by atoms with van der Waals surface area (Å²) >= 11 is 0. The minimum Gasteiger partial charge on any atom is -0.472 e. The van der Waals surface area contributed by atoms with E-state index in [0.29, 0.717) is 31.1 Å². The van der Waals surface area contributed by atoms with Crippen molar-refractivity contribution in [3.8, 4) is 17.4 Å². The van der Waals surface area contributed by atoms with Crippen molar-refractivity contribution in [1.82, 2.24) is 14.6 Å². The van der Waals surface area contributed by atoms with Crippen LogP contribution in [0.25, 0.3) is 10.8 Å². The van der Waals surface area contributed by atoms with Gasteiger partial charge in [0.2, 0.25) is 27.7 Å². The van der Waals surface area contributed by atoms with Crippen molar-refractivity contribution < 1.29 is 55.3 Å². The summed E-state index contributed by atoms with van der Waals surface area (Å²) in [4.78, 5) is 62.5. The van der Waals surface area contributed by atoms with Crippen molar-refractivity contribution in [3.63, 3.8) is 0 Å². The monoisotopic (exact) mass is 813 g/mol. The van der Waals surface area contributed by atoms with Gasteiger partial charge in [-0.05, 0) is 87.3 Å². The van der Waals surface area contributed by atoms with E-state index in [1.54, 1.807) is 0 Å². The topological polar surface area (TPSA) is 168 Å². The highest BCUT2D eigenvalue weighted by atomic mass is 32.2. The number of carbonyl (C=O) groups is 4. The molecule has 6 aliphatic rings. The zero-order valence-electron chi connectivity index (χ0n) is 32.3. The summed E-state index contributed by atoms with van der Waals surface area (Å²) in [6.07, 6.45) is 5.33. The fourth-order valence-electron chi connectivity index (χ4n) is 8.72. The Morgan fingerprint density at radius 3 is 2.56 bits per heavy atom. The first kappa shape index (κ1) is 39.5. The molecular weight excluding hydrogens is 765 g/mol. The number of nitrogens with one attached hydrogen (secondary N) is 1. The van der Waals surface area contributed by atoms with Gasteiger partial charge in [0.25, 0.3) is 0 Å². The smallest absolute Gasteiger partial charge is 0.472 e. The number of Topliss-reactive ketones (excluding diaryl/α,β-unsaturated/α-hetero) is 1. The Morgan fingerprint density at radius 1 is 1.05 bits per heavy atom. The molecule has 1 saturated heterocycles. The average Bonchev–Trinajstić information content (AvgIpc) is 4.10. The number of ether oxygens (including phenoxy) is 4. The number of alkyl halides is 2. The molecule has 0 bridgehead atoms. The maximum atomic E-state index is 14.9. The standard InChI is InChI=1S/C41H49F2N3O10S/c1-23-6-4-5-7-25-19-40(25,38(50)45-57(51,52)27-8-9-27)20-32(47)31-17-26(54-36-29-10-11-33-35(28(29)12-15-44-36)56-41(42,43)55-33)21-46(31)37(49)30(24(2)16-23)18-34(48)53-22-39(3)13-14-39/h5,7,10-12,15,23-27,30-31H,4,6,8-9,13-14,16-22H2,1-3H3,(H,45,50)/b7-5-/t23-,24+,25+,26+,30-,31-,40+/m0/s1. The molecule has 308 valence electrons. The Bertz CT molecular complexity index is 2120. The molecule has 1 N–H and O–H groups in total. The van der Waals surface area contributed by atoms with Crippen LogP contribution in [-0.2, 0) is 33.9 Å². The van der Waals surface area contributed by atoms with Gasteiger partial charge in [0.05, 0.1) is 42.2 Å². The molecule has 2 aromatic rings. The minimum atomic E-state index is -3.90. The van der Waals surface area contributed by atoms with E-state index in [-0.39, 0.29) is 84.8 Å². The van der Waals surface area contributed by atoms with Crippen LogP contribution in [0.5, 0.6) is 17.4 Å². The highest BCUT2D eigenvalue weighted by molar-refractivity contribution is 7.90. The molecule has 3 saturated carbocycles. The lowest BCUT2D eigenvalue weighted by atomic mass is 9.82. The Balaban J connectivity index is 1.11. The molecule has 3 aliphatic carbocycles. The third kappa shape index (κ3) is 8.20. The third-order valence-corrected chi connectivity index (χ3v) is 14.6. The average molecular weight is 814 g/mol. The van der Waals surface area contributed by atoms with E-state index in [1.165, 1.54) is 29.3 Å². The first-order valence-electron chi connectivity index (χ1n) is 20.0. The molecule has 13 nitrogen and oxygen atoms in total. The first-order chi connectivity index (χ1) is 27.0. The number of hydrogen-bond donors (Lipinski definition) is 1. The second-order valence-corrected chi connectivity index (χ2v) is 19.6. The second kappa shape index (κ2) is 14.5. The molecule has 0 unspecified atom stereocenters. The number of esters is 1. The summed E-state index contributed by atoms with van der Waals surface area (Å²) < 4.78 is 77.6. The second-order valence-electron chi connectivity index (χ2n) is 17.6. The number of sulfonamides is 1. The summed E-state index contributed by atoms with van der Waals surface area (Å²) in [6.45, 7) is 6.27. The number of halogens is 2. The Labute approximate surface area is 330 Å². The van der Waals surface area contributed by atoms with Crippen LogP contribution in [0.4, 0.5) is 8.78 Å². The van der Waals surface area contributed by atoms with Crippen molar-refractivity contribution in [3.05, 3.63) is 36.5 Å². The summed E-state index contributed by atoms with van der Waals surface area (Å²) in [5.41, 5.74) is -1.37. The summed E-state index contributed by atoms with van der Waals surface area (Å²) in [5, 5.41) is -0.0338. The number of pyridine rings is 1. The fraction of sp³-hybridized carbons (Fsp3) is 0.634. The largest absolute Gasteiger partial charge is 0.586 e. The van der Waals surface area contributed by atoms with E-state index in [9.17, 15) is 36.4 Å². The Hall–Kier alpha value is -4.34. The minimum absolute atomic E-state index is 0.00411. The number of hydrogen-bond acceptors (Lipinski definition) is 11. The quantitative estimate of drug-likeness (QED) is 0.239. The van der Waals surface area contributed by atoms with Crippen LogP contribution >= 0.6 is 0 Å². The van der Waals surface area contributed by atoms with Gasteiger partial charge in [-0.25, -0.2) is 13.4 Å². The van der Waals surface area contributed by atoms with E-state index in [0.717, 1.165) is 19.3 Å². The molecular formula is C41H49F2N3O10S. The van der Waals surface area contributed by atoms with Gasteiger partial charge in [-0.2, -0.15) is 0 Å². The van der Waals surface area contributed by atoms with Crippen LogP contribution in [0.1, 0.15) is 91.4 Å². The number of amides is 2. The summed E-state index contributed by atoms with van der Waals surface area (Å²) in [7, 11) is -3.90. The number of rotatable bonds is 9. The maximum absolute atomic E-state index is 14.9. The van der Waals surface area contributed by atoms with E-state index in [1.807, 2.05) is 26.0 Å². The van der Waals surface area contributed by atoms with Crippen molar-refractivity contribution >= 4 is 44.4 Å². The zero-order valence-corrected chi connectivity index (χ0v) is 33.2. The molecule has 1 aromatic carbocycles. The molecule has 3 aliphatic heterocycles. The molecule has 8 rings (SSSR count). The predicted octanol–water partition coefficient (Wildman–Crippen LogP) is 5.84. The van der Waals surface area contributed by atoms with Crippen LogP contribution < -0.4 is 18.9 Å². The zero-order chi connectivity index (χ0) is 40.5. The van der Waals surface area contributed by atoms with E-state index in [2.05, 4.69) is 21.4 Å². The highest BCUT2D eigenvalue weighted by Crippen LogP contribution is 2.57. The van der Waals surface area contributed by atoms with Gasteiger partial charge in [0.1, 0.15) is 6.10 Å². The number of nitrogens with zero attached hydrogens (tertiary/aromatic N) is 2. The highest BCUT2D eigenvalue weighted by Gasteiger charge is 2.62. The number of ketones is 1. The van der Waals surface area contributed by atoms with Gasteiger partial charge in [-0.1, -0.05) is 32.9 Å². The van der Waals surface area contributed by atoms with Crippen molar-refractivity contribution in [2.24, 2.45) is 34.5 Å². The Kier molecular flexibility index (Phi) is 10.0. The summed E-state index contributed by atoms with van der Waals surface area (Å²) in [5.74, 6) is -3.62. The van der Waals surface area contributed by atoms with Crippen LogP contribution in [0.2, 0.25) is 0 Å². The van der Waals surface area contributed by atoms with Crippen molar-refractivity contribution in [1.29, 1.82) is 0 Å². The maximum Gasteiger partial charge on any atom is 0.586 e. The molecule has 4 heterocycles. The van der Waals surface area contributed by atoms with E-state index in [4.69, 9.17) is 14.2 Å². The van der Waals surface area contributed by atoms with E-state index < -0.39 is 68.6 Å². The molecule has 1 aromatic heterocycles. The third-order valence-electron chi connectivity index (χ3n) is 12.8.